The second kappa shape index (κ2) is 11.1. The zero-order valence-electron chi connectivity index (χ0n) is 15.7. The fourth-order valence-corrected chi connectivity index (χ4v) is 3.45. The molecule has 0 amide bonds. The van der Waals surface area contributed by atoms with Gasteiger partial charge in [0.25, 0.3) is 0 Å². The lowest BCUT2D eigenvalue weighted by Crippen LogP contribution is -2.43. The SMILES string of the molecule is CN=C(NCCS(C)(=O)=O)NCC1CCCOC1c1ccc(C)cc1.I. The van der Waals surface area contributed by atoms with Gasteiger partial charge in [-0.3, -0.25) is 4.99 Å². The summed E-state index contributed by atoms with van der Waals surface area (Å²) in [6, 6.07) is 8.50. The number of rotatable bonds is 6. The Balaban J connectivity index is 0.00000338. The third-order valence-electron chi connectivity index (χ3n) is 4.37. The monoisotopic (exact) mass is 495 g/mol. The number of sulfone groups is 1. The summed E-state index contributed by atoms with van der Waals surface area (Å²) in [5.41, 5.74) is 2.45. The summed E-state index contributed by atoms with van der Waals surface area (Å²) in [5.74, 6) is 1.06. The molecule has 0 radical (unpaired) electrons. The van der Waals surface area contributed by atoms with Gasteiger partial charge in [-0.1, -0.05) is 29.8 Å². The molecule has 1 aliphatic rings. The standard InChI is InChI=1S/C18H29N3O3S.HI/c1-14-6-8-15(9-7-14)17-16(5-4-11-24-17)13-21-18(19-2)20-10-12-25(3,22)23;/h6-9,16-17H,4-5,10-13H2,1-3H3,(H2,19,20,21);1H. The van der Waals surface area contributed by atoms with E-state index in [4.69, 9.17) is 4.74 Å². The number of halogens is 1. The maximum atomic E-state index is 11.2. The first-order chi connectivity index (χ1) is 11.9. The number of hydrogen-bond acceptors (Lipinski definition) is 4. The van der Waals surface area contributed by atoms with Crippen molar-refractivity contribution in [2.24, 2.45) is 10.9 Å². The van der Waals surface area contributed by atoms with Gasteiger partial charge in [-0.2, -0.15) is 0 Å². The molecule has 2 unspecified atom stereocenters. The molecule has 6 nitrogen and oxygen atoms in total. The number of aliphatic imine (C=N–C) groups is 1. The largest absolute Gasteiger partial charge is 0.373 e. The molecule has 0 spiro atoms. The quantitative estimate of drug-likeness (QED) is 0.360. The van der Waals surface area contributed by atoms with Gasteiger partial charge >= 0.3 is 0 Å². The fraction of sp³-hybridized carbons (Fsp3) is 0.611. The summed E-state index contributed by atoms with van der Waals surface area (Å²) in [4.78, 5) is 4.16. The highest BCUT2D eigenvalue weighted by Gasteiger charge is 2.27. The van der Waals surface area contributed by atoms with Gasteiger partial charge in [0.1, 0.15) is 9.84 Å². The van der Waals surface area contributed by atoms with E-state index in [9.17, 15) is 8.42 Å². The van der Waals surface area contributed by atoms with Crippen LogP contribution in [-0.2, 0) is 14.6 Å². The third-order valence-corrected chi connectivity index (χ3v) is 5.32. The van der Waals surface area contributed by atoms with Crippen molar-refractivity contribution in [3.05, 3.63) is 35.4 Å². The van der Waals surface area contributed by atoms with E-state index in [0.29, 0.717) is 18.4 Å². The minimum atomic E-state index is -2.98. The highest BCUT2D eigenvalue weighted by atomic mass is 127. The molecule has 0 aromatic heterocycles. The van der Waals surface area contributed by atoms with Crippen molar-refractivity contribution in [3.63, 3.8) is 0 Å². The molecular formula is C18H30IN3O3S. The van der Waals surface area contributed by atoms with Crippen LogP contribution >= 0.6 is 24.0 Å². The molecule has 1 fully saturated rings. The Bertz CT molecular complexity index is 677. The number of guanidine groups is 1. The normalized spacial score (nSPS) is 21.0. The summed E-state index contributed by atoms with van der Waals surface area (Å²) in [6.45, 7) is 3.95. The first-order valence-electron chi connectivity index (χ1n) is 8.69. The minimum absolute atomic E-state index is 0. The maximum absolute atomic E-state index is 11.2. The lowest BCUT2D eigenvalue weighted by atomic mass is 9.89. The molecular weight excluding hydrogens is 465 g/mol. The summed E-state index contributed by atoms with van der Waals surface area (Å²) in [7, 11) is -1.29. The predicted molar refractivity (Wildman–Crippen MR) is 117 cm³/mol. The Hall–Kier alpha value is -0.870. The van der Waals surface area contributed by atoms with Gasteiger partial charge in [-0.25, -0.2) is 8.42 Å². The number of nitrogens with one attached hydrogen (secondary N) is 2. The van der Waals surface area contributed by atoms with Crippen LogP contribution in [0.2, 0.25) is 0 Å². The average molecular weight is 495 g/mol. The Morgan fingerprint density at radius 1 is 1.27 bits per heavy atom. The molecule has 0 bridgehead atoms. The van der Waals surface area contributed by atoms with E-state index >= 15 is 0 Å². The van der Waals surface area contributed by atoms with E-state index in [1.807, 2.05) is 0 Å². The predicted octanol–water partition coefficient (Wildman–Crippen LogP) is 2.29. The number of benzene rings is 1. The van der Waals surface area contributed by atoms with Crippen LogP contribution in [0.3, 0.4) is 0 Å². The maximum Gasteiger partial charge on any atom is 0.191 e. The van der Waals surface area contributed by atoms with Crippen LogP contribution in [0.5, 0.6) is 0 Å². The van der Waals surface area contributed by atoms with Crippen LogP contribution < -0.4 is 10.6 Å². The summed E-state index contributed by atoms with van der Waals surface area (Å²) in [6.07, 6.45) is 3.45. The molecule has 1 aliphatic heterocycles. The van der Waals surface area contributed by atoms with Crippen LogP contribution in [-0.4, -0.2) is 53.1 Å². The van der Waals surface area contributed by atoms with Crippen molar-refractivity contribution >= 4 is 39.8 Å². The lowest BCUT2D eigenvalue weighted by Gasteiger charge is -2.32. The Labute approximate surface area is 174 Å². The molecule has 26 heavy (non-hydrogen) atoms. The Kier molecular flexibility index (Phi) is 9.88. The van der Waals surface area contributed by atoms with Crippen LogP contribution in [0, 0.1) is 12.8 Å². The number of ether oxygens (including phenoxy) is 1. The third kappa shape index (κ3) is 7.79. The van der Waals surface area contributed by atoms with E-state index in [1.165, 1.54) is 17.4 Å². The van der Waals surface area contributed by atoms with Gasteiger partial charge in [0.2, 0.25) is 0 Å². The highest BCUT2D eigenvalue weighted by molar-refractivity contribution is 14.0. The van der Waals surface area contributed by atoms with Gasteiger partial charge < -0.3 is 15.4 Å². The lowest BCUT2D eigenvalue weighted by molar-refractivity contribution is -0.0265. The second-order valence-corrected chi connectivity index (χ2v) is 8.87. The molecule has 2 rings (SSSR count). The first kappa shape index (κ1) is 23.2. The van der Waals surface area contributed by atoms with Crippen LogP contribution in [0.25, 0.3) is 0 Å². The molecule has 8 heteroatoms. The van der Waals surface area contributed by atoms with Crippen molar-refractivity contribution in [1.29, 1.82) is 0 Å². The van der Waals surface area contributed by atoms with E-state index in [-0.39, 0.29) is 35.8 Å². The van der Waals surface area contributed by atoms with Gasteiger partial charge in [-0.15, -0.1) is 24.0 Å². The van der Waals surface area contributed by atoms with Gasteiger partial charge in [-0.05, 0) is 25.3 Å². The molecule has 1 aromatic carbocycles. The molecule has 2 N–H and O–H groups in total. The van der Waals surface area contributed by atoms with Crippen molar-refractivity contribution in [2.45, 2.75) is 25.9 Å². The molecule has 2 atom stereocenters. The van der Waals surface area contributed by atoms with Gasteiger partial charge in [0.05, 0.1) is 11.9 Å². The van der Waals surface area contributed by atoms with Crippen LogP contribution in [0.15, 0.2) is 29.3 Å². The molecule has 148 valence electrons. The summed E-state index contributed by atoms with van der Waals surface area (Å²) < 4.78 is 28.5. The molecule has 1 saturated heterocycles. The smallest absolute Gasteiger partial charge is 0.191 e. The number of aryl methyl sites for hydroxylation is 1. The molecule has 0 aliphatic carbocycles. The van der Waals surface area contributed by atoms with Crippen LogP contribution in [0.1, 0.15) is 30.1 Å². The number of nitrogens with zero attached hydrogens (tertiary/aromatic N) is 1. The topological polar surface area (TPSA) is 79.8 Å². The van der Waals surface area contributed by atoms with Crippen molar-refractivity contribution < 1.29 is 13.2 Å². The zero-order chi connectivity index (χ0) is 18.3. The Morgan fingerprint density at radius 2 is 1.96 bits per heavy atom. The summed E-state index contributed by atoms with van der Waals surface area (Å²) in [5, 5.41) is 6.35. The van der Waals surface area contributed by atoms with Gasteiger partial charge in [0.15, 0.2) is 5.96 Å². The average Bonchev–Trinajstić information content (AvgIpc) is 2.58. The highest BCUT2D eigenvalue weighted by Crippen LogP contribution is 2.33. The fourth-order valence-electron chi connectivity index (χ4n) is 2.98. The van der Waals surface area contributed by atoms with E-state index in [1.54, 1.807) is 7.05 Å². The van der Waals surface area contributed by atoms with Crippen molar-refractivity contribution in [2.75, 3.05) is 38.8 Å². The first-order valence-corrected chi connectivity index (χ1v) is 10.8. The van der Waals surface area contributed by atoms with Crippen molar-refractivity contribution in [1.82, 2.24) is 10.6 Å². The van der Waals surface area contributed by atoms with Gasteiger partial charge in [0, 0.05) is 38.9 Å². The zero-order valence-corrected chi connectivity index (χ0v) is 18.8. The molecule has 1 aromatic rings. The van der Waals surface area contributed by atoms with E-state index < -0.39 is 9.84 Å². The van der Waals surface area contributed by atoms with E-state index in [2.05, 4.69) is 46.8 Å². The summed E-state index contributed by atoms with van der Waals surface area (Å²) >= 11 is 0. The van der Waals surface area contributed by atoms with E-state index in [0.717, 1.165) is 26.0 Å². The Morgan fingerprint density at radius 3 is 2.58 bits per heavy atom. The minimum Gasteiger partial charge on any atom is -0.373 e. The van der Waals surface area contributed by atoms with Crippen LogP contribution in [0.4, 0.5) is 0 Å². The second-order valence-electron chi connectivity index (χ2n) is 6.61. The molecule has 1 heterocycles. The molecule has 0 saturated carbocycles. The number of hydrogen-bond donors (Lipinski definition) is 2. The van der Waals surface area contributed by atoms with Crippen molar-refractivity contribution in [3.8, 4) is 0 Å².